The average Bonchev–Trinajstić information content (AvgIpc) is 3.60. The number of benzene rings is 11. The van der Waals surface area contributed by atoms with Crippen LogP contribution in [0.2, 0.25) is 0 Å². The Balaban J connectivity index is 1.26. The summed E-state index contributed by atoms with van der Waals surface area (Å²) in [5.41, 5.74) is 12.2. The van der Waals surface area contributed by atoms with Gasteiger partial charge in [-0.2, -0.15) is 0 Å². The number of fused-ring (bicyclic) bond motifs is 10. The van der Waals surface area contributed by atoms with Gasteiger partial charge in [-0.3, -0.25) is 0 Å². The van der Waals surface area contributed by atoms with Crippen LogP contribution in [0.25, 0.3) is 87.2 Å². The number of rotatable bonds is 4. The van der Waals surface area contributed by atoms with Gasteiger partial charge >= 0.3 is 0 Å². The van der Waals surface area contributed by atoms with Gasteiger partial charge in [-0.05, 0) is 134 Å². The summed E-state index contributed by atoms with van der Waals surface area (Å²) in [5, 5.41) is 12.6. The molecule has 0 amide bonds. The Morgan fingerprint density at radius 2 is 0.807 bits per heavy atom. The van der Waals surface area contributed by atoms with E-state index in [1.807, 2.05) is 0 Å². The van der Waals surface area contributed by atoms with Crippen LogP contribution in [0.5, 0.6) is 0 Å². The van der Waals surface area contributed by atoms with E-state index in [-0.39, 0.29) is 0 Å². The molecule has 0 bridgehead atoms. The van der Waals surface area contributed by atoms with Crippen LogP contribution in [-0.2, 0) is 5.41 Å². The lowest BCUT2D eigenvalue weighted by atomic mass is 9.65. The third-order valence-electron chi connectivity index (χ3n) is 12.6. The Labute approximate surface area is 331 Å². The van der Waals surface area contributed by atoms with E-state index in [9.17, 15) is 0 Å². The second kappa shape index (κ2) is 12.4. The van der Waals surface area contributed by atoms with E-state index in [0.29, 0.717) is 0 Å². The van der Waals surface area contributed by atoms with Crippen LogP contribution in [-0.4, -0.2) is 0 Å². The van der Waals surface area contributed by atoms with Crippen molar-refractivity contribution in [1.82, 2.24) is 0 Å². The van der Waals surface area contributed by atoms with Gasteiger partial charge in [-0.15, -0.1) is 0 Å². The molecule has 0 aromatic heterocycles. The quantitative estimate of drug-likeness (QED) is 0.125. The van der Waals surface area contributed by atoms with Crippen molar-refractivity contribution in [2.45, 2.75) is 5.41 Å². The highest BCUT2D eigenvalue weighted by Gasteiger charge is 2.48. The van der Waals surface area contributed by atoms with Crippen LogP contribution in [0, 0.1) is 0 Å². The van der Waals surface area contributed by atoms with Gasteiger partial charge in [0.05, 0.1) is 5.41 Å². The van der Waals surface area contributed by atoms with E-state index in [0.717, 1.165) is 0 Å². The first-order valence-electron chi connectivity index (χ1n) is 19.9. The summed E-state index contributed by atoms with van der Waals surface area (Å²) in [6, 6.07) is 81.8. The zero-order valence-electron chi connectivity index (χ0n) is 31.3. The predicted octanol–water partition coefficient (Wildman–Crippen LogP) is 15.1. The van der Waals surface area contributed by atoms with E-state index >= 15 is 0 Å². The fourth-order valence-corrected chi connectivity index (χ4v) is 10.2. The summed E-state index contributed by atoms with van der Waals surface area (Å²) in [7, 11) is 0. The van der Waals surface area contributed by atoms with Crippen LogP contribution in [0.3, 0.4) is 0 Å². The van der Waals surface area contributed by atoms with Gasteiger partial charge in [-0.1, -0.05) is 194 Å². The highest BCUT2D eigenvalue weighted by Crippen LogP contribution is 2.61. The summed E-state index contributed by atoms with van der Waals surface area (Å²) >= 11 is 0. The molecule has 1 aliphatic rings. The number of hydrogen-bond acceptors (Lipinski definition) is 0. The van der Waals surface area contributed by atoms with Gasteiger partial charge < -0.3 is 0 Å². The Morgan fingerprint density at radius 1 is 0.263 bits per heavy atom. The summed E-state index contributed by atoms with van der Waals surface area (Å²) < 4.78 is 0. The lowest BCUT2D eigenvalue weighted by Crippen LogP contribution is -2.29. The summed E-state index contributed by atoms with van der Waals surface area (Å²) in [6.45, 7) is 0. The van der Waals surface area contributed by atoms with Crippen molar-refractivity contribution in [3.05, 3.63) is 241 Å². The van der Waals surface area contributed by atoms with Gasteiger partial charge in [0.25, 0.3) is 0 Å². The second-order valence-electron chi connectivity index (χ2n) is 15.6. The molecule has 0 fully saturated rings. The first-order chi connectivity index (χ1) is 28.3. The molecule has 0 radical (unpaired) electrons. The summed E-state index contributed by atoms with van der Waals surface area (Å²) in [6.07, 6.45) is 0. The molecule has 0 saturated heterocycles. The molecule has 0 nitrogen and oxygen atoms in total. The fourth-order valence-electron chi connectivity index (χ4n) is 10.2. The SMILES string of the molecule is c1ccc(C2(c3ccccc3)c3cc(-c4c5ccccc5cc5c4ccc4ccccc45)ccc3-c3c2c(-c2ccc4ccccc4c2)cc2ccccc32)cc1. The Hall–Kier alpha value is -7.28. The molecule has 0 spiro atoms. The summed E-state index contributed by atoms with van der Waals surface area (Å²) in [4.78, 5) is 0. The molecule has 0 aliphatic heterocycles. The number of hydrogen-bond donors (Lipinski definition) is 0. The minimum Gasteiger partial charge on any atom is -0.0622 e. The molecule has 11 aromatic rings. The van der Waals surface area contributed by atoms with Crippen LogP contribution in [0.1, 0.15) is 22.3 Å². The molecule has 12 rings (SSSR count). The molecule has 264 valence electrons. The van der Waals surface area contributed by atoms with Gasteiger partial charge in [0.1, 0.15) is 0 Å². The third-order valence-corrected chi connectivity index (χ3v) is 12.6. The lowest BCUT2D eigenvalue weighted by molar-refractivity contribution is 0.771. The van der Waals surface area contributed by atoms with E-state index in [4.69, 9.17) is 0 Å². The van der Waals surface area contributed by atoms with E-state index < -0.39 is 5.41 Å². The molecule has 1 aliphatic carbocycles. The van der Waals surface area contributed by atoms with Crippen molar-refractivity contribution in [2.24, 2.45) is 0 Å². The maximum atomic E-state index is 2.55. The molecule has 0 saturated carbocycles. The maximum Gasteiger partial charge on any atom is 0.0720 e. The highest BCUT2D eigenvalue weighted by molar-refractivity contribution is 6.20. The Kier molecular flexibility index (Phi) is 6.94. The lowest BCUT2D eigenvalue weighted by Gasteiger charge is -2.36. The minimum absolute atomic E-state index is 0.610. The van der Waals surface area contributed by atoms with Gasteiger partial charge in [0.2, 0.25) is 0 Å². The summed E-state index contributed by atoms with van der Waals surface area (Å²) in [5.74, 6) is 0. The largest absolute Gasteiger partial charge is 0.0720 e. The molecule has 0 atom stereocenters. The van der Waals surface area contributed by atoms with E-state index in [1.54, 1.807) is 0 Å². The van der Waals surface area contributed by atoms with Crippen molar-refractivity contribution < 1.29 is 0 Å². The molecular formula is C57H36. The van der Waals surface area contributed by atoms with Crippen molar-refractivity contribution in [3.63, 3.8) is 0 Å². The average molecular weight is 721 g/mol. The van der Waals surface area contributed by atoms with Crippen LogP contribution in [0.15, 0.2) is 218 Å². The molecule has 0 heteroatoms. The smallest absolute Gasteiger partial charge is 0.0622 e. The molecule has 0 N–H and O–H groups in total. The normalized spacial score (nSPS) is 13.1. The predicted molar refractivity (Wildman–Crippen MR) is 242 cm³/mol. The topological polar surface area (TPSA) is 0 Å². The van der Waals surface area contributed by atoms with Crippen LogP contribution in [0.4, 0.5) is 0 Å². The zero-order valence-corrected chi connectivity index (χ0v) is 31.3. The molecule has 11 aromatic carbocycles. The first kappa shape index (κ1) is 32.0. The minimum atomic E-state index is -0.610. The van der Waals surface area contributed by atoms with Gasteiger partial charge in [0, 0.05) is 0 Å². The van der Waals surface area contributed by atoms with Crippen molar-refractivity contribution >= 4 is 53.9 Å². The van der Waals surface area contributed by atoms with Gasteiger partial charge in [-0.25, -0.2) is 0 Å². The maximum absolute atomic E-state index is 2.55. The molecule has 0 heterocycles. The molecular weight excluding hydrogens is 685 g/mol. The zero-order chi connectivity index (χ0) is 37.5. The monoisotopic (exact) mass is 720 g/mol. The Morgan fingerprint density at radius 3 is 1.53 bits per heavy atom. The van der Waals surface area contributed by atoms with Crippen molar-refractivity contribution in [3.8, 4) is 33.4 Å². The standard InChI is InChI=1S/C57H36/c1-3-20-44(21-4-1)57(45-22-5-2-6-23-45)53-36-43(54-47-25-13-10-19-41(47)35-52-46-24-12-9-16-38(46)29-31-49(52)54)30-32-50(53)55-48-26-14-11-18-40(48)34-51(56(55)57)42-28-27-37-15-7-8-17-39(37)33-42/h1-36H. The second-order valence-corrected chi connectivity index (χ2v) is 15.6. The van der Waals surface area contributed by atoms with Gasteiger partial charge in [0.15, 0.2) is 0 Å². The van der Waals surface area contributed by atoms with Crippen molar-refractivity contribution in [2.75, 3.05) is 0 Å². The Bertz CT molecular complexity index is 3350. The fraction of sp³-hybridized carbons (Fsp3) is 0.0175. The van der Waals surface area contributed by atoms with E-state index in [1.165, 1.54) is 109 Å². The third kappa shape index (κ3) is 4.62. The molecule has 57 heavy (non-hydrogen) atoms. The first-order valence-corrected chi connectivity index (χ1v) is 19.9. The van der Waals surface area contributed by atoms with Crippen LogP contribution >= 0.6 is 0 Å². The van der Waals surface area contributed by atoms with E-state index in [2.05, 4.69) is 218 Å². The highest BCUT2D eigenvalue weighted by atomic mass is 14.5. The molecule has 0 unspecified atom stereocenters. The van der Waals surface area contributed by atoms with Crippen molar-refractivity contribution in [1.29, 1.82) is 0 Å². The van der Waals surface area contributed by atoms with Crippen LogP contribution < -0.4 is 0 Å².